The topological polar surface area (TPSA) is 84.4 Å². The summed E-state index contributed by atoms with van der Waals surface area (Å²) < 4.78 is 7.01. The van der Waals surface area contributed by atoms with Crippen LogP contribution in [0.5, 0.6) is 5.75 Å². The first-order chi connectivity index (χ1) is 14.6. The zero-order valence-corrected chi connectivity index (χ0v) is 17.0. The number of fused-ring (bicyclic) bond motifs is 1. The normalized spacial score (nSPS) is 16.6. The number of hydrogen-bond donors (Lipinski definition) is 1. The molecule has 1 N–H and O–H groups in total. The van der Waals surface area contributed by atoms with E-state index in [9.17, 15) is 14.4 Å². The molecule has 1 fully saturated rings. The molecule has 2 heterocycles. The maximum absolute atomic E-state index is 13.1. The minimum Gasteiger partial charge on any atom is -0.493 e. The number of nitrogens with zero attached hydrogens (tertiary/aromatic N) is 2. The number of H-pyrrole nitrogens is 1. The number of aromatic nitrogens is 2. The molecule has 30 heavy (non-hydrogen) atoms. The first-order valence-corrected chi connectivity index (χ1v) is 10.3. The Morgan fingerprint density at radius 2 is 1.97 bits per heavy atom. The van der Waals surface area contributed by atoms with Gasteiger partial charge in [0.1, 0.15) is 5.75 Å². The standard InChI is InChI=1S/C23H25N3O4/c1-2-26-22(28)19-11-10-17(13-20(19)24-23(26)29)21(27)25-12-6-7-16(14-25)15-30-18-8-4-3-5-9-18/h3-5,8-11,13,16H,2,6-7,12,14-15H2,1H3,(H,24,29). The van der Waals surface area contributed by atoms with Crippen LogP contribution in [0.15, 0.2) is 58.1 Å². The van der Waals surface area contributed by atoms with Crippen molar-refractivity contribution < 1.29 is 9.53 Å². The number of para-hydroxylation sites is 1. The summed E-state index contributed by atoms with van der Waals surface area (Å²) in [5.41, 5.74) is 0.0555. The van der Waals surface area contributed by atoms with Crippen LogP contribution in [-0.2, 0) is 6.54 Å². The van der Waals surface area contributed by atoms with E-state index in [4.69, 9.17) is 4.74 Å². The number of hydrogen-bond acceptors (Lipinski definition) is 4. The highest BCUT2D eigenvalue weighted by molar-refractivity contribution is 5.97. The summed E-state index contributed by atoms with van der Waals surface area (Å²) in [6.45, 7) is 3.92. The van der Waals surface area contributed by atoms with Crippen LogP contribution in [0.4, 0.5) is 0 Å². The van der Waals surface area contributed by atoms with Gasteiger partial charge in [-0.15, -0.1) is 0 Å². The van der Waals surface area contributed by atoms with Crippen molar-refractivity contribution in [3.8, 4) is 5.75 Å². The van der Waals surface area contributed by atoms with Crippen LogP contribution < -0.4 is 16.0 Å². The predicted octanol–water partition coefficient (Wildman–Crippen LogP) is 2.64. The molecule has 1 aromatic heterocycles. The fraction of sp³-hybridized carbons (Fsp3) is 0.348. The van der Waals surface area contributed by atoms with Crippen molar-refractivity contribution in [2.24, 2.45) is 5.92 Å². The Morgan fingerprint density at radius 3 is 2.73 bits per heavy atom. The molecule has 0 bridgehead atoms. The summed E-state index contributed by atoms with van der Waals surface area (Å²) in [4.78, 5) is 42.1. The molecule has 156 valence electrons. The van der Waals surface area contributed by atoms with Gasteiger partial charge in [-0.3, -0.25) is 14.2 Å². The summed E-state index contributed by atoms with van der Waals surface area (Å²) in [5, 5.41) is 0.404. The van der Waals surface area contributed by atoms with E-state index < -0.39 is 5.69 Å². The molecular formula is C23H25N3O4. The predicted molar refractivity (Wildman–Crippen MR) is 115 cm³/mol. The lowest BCUT2D eigenvalue weighted by Crippen LogP contribution is -2.41. The lowest BCUT2D eigenvalue weighted by molar-refractivity contribution is 0.0633. The molecule has 7 heteroatoms. The third-order valence-electron chi connectivity index (χ3n) is 5.58. The third-order valence-corrected chi connectivity index (χ3v) is 5.58. The maximum atomic E-state index is 13.1. The lowest BCUT2D eigenvalue weighted by atomic mass is 9.98. The van der Waals surface area contributed by atoms with Gasteiger partial charge < -0.3 is 14.6 Å². The molecule has 4 rings (SSSR count). The number of benzene rings is 2. The van der Waals surface area contributed by atoms with E-state index in [2.05, 4.69) is 4.98 Å². The van der Waals surface area contributed by atoms with Crippen LogP contribution in [0.3, 0.4) is 0 Å². The molecule has 7 nitrogen and oxygen atoms in total. The summed E-state index contributed by atoms with van der Waals surface area (Å²) in [6, 6.07) is 14.5. The first kappa shape index (κ1) is 19.9. The highest BCUT2D eigenvalue weighted by atomic mass is 16.5. The van der Waals surface area contributed by atoms with Crippen molar-refractivity contribution in [1.29, 1.82) is 0 Å². The van der Waals surface area contributed by atoms with Gasteiger partial charge in [0.15, 0.2) is 0 Å². The molecule has 1 aliphatic rings. The van der Waals surface area contributed by atoms with Gasteiger partial charge >= 0.3 is 5.69 Å². The number of rotatable bonds is 5. The van der Waals surface area contributed by atoms with Gasteiger partial charge in [0.25, 0.3) is 11.5 Å². The molecule has 0 radical (unpaired) electrons. The van der Waals surface area contributed by atoms with E-state index in [-0.39, 0.29) is 17.4 Å². The van der Waals surface area contributed by atoms with Crippen molar-refractivity contribution >= 4 is 16.8 Å². The second-order valence-corrected chi connectivity index (χ2v) is 7.62. The number of carbonyl (C=O) groups excluding carboxylic acids is 1. The average molecular weight is 407 g/mol. The molecule has 0 spiro atoms. The number of piperidine rings is 1. The number of aromatic amines is 1. The summed E-state index contributed by atoms with van der Waals surface area (Å²) in [6.07, 6.45) is 1.93. The zero-order chi connectivity index (χ0) is 21.1. The van der Waals surface area contributed by atoms with E-state index in [0.717, 1.165) is 23.2 Å². The second kappa shape index (κ2) is 8.57. The fourth-order valence-corrected chi connectivity index (χ4v) is 3.97. The molecule has 2 aromatic carbocycles. The lowest BCUT2D eigenvalue weighted by Gasteiger charge is -2.32. The Bertz CT molecular complexity index is 1170. The van der Waals surface area contributed by atoms with Gasteiger partial charge in [-0.1, -0.05) is 18.2 Å². The van der Waals surface area contributed by atoms with Crippen LogP contribution in [0.2, 0.25) is 0 Å². The van der Waals surface area contributed by atoms with Gasteiger partial charge in [-0.2, -0.15) is 0 Å². The molecular weight excluding hydrogens is 382 g/mol. The van der Waals surface area contributed by atoms with Crippen molar-refractivity contribution in [1.82, 2.24) is 14.5 Å². The van der Waals surface area contributed by atoms with Crippen molar-refractivity contribution in [3.05, 3.63) is 74.9 Å². The summed E-state index contributed by atoms with van der Waals surface area (Å²) in [5.74, 6) is 0.999. The highest BCUT2D eigenvalue weighted by Gasteiger charge is 2.25. The van der Waals surface area contributed by atoms with Crippen LogP contribution in [0.25, 0.3) is 10.9 Å². The fourth-order valence-electron chi connectivity index (χ4n) is 3.97. The Balaban J connectivity index is 1.50. The van der Waals surface area contributed by atoms with Crippen LogP contribution in [0, 0.1) is 5.92 Å². The number of ether oxygens (including phenoxy) is 1. The molecule has 3 aromatic rings. The van der Waals surface area contributed by atoms with Gasteiger partial charge in [0.05, 0.1) is 17.5 Å². The van der Waals surface area contributed by atoms with E-state index >= 15 is 0 Å². The number of nitrogens with one attached hydrogen (secondary N) is 1. The van der Waals surface area contributed by atoms with Gasteiger partial charge in [-0.25, -0.2) is 4.79 Å². The first-order valence-electron chi connectivity index (χ1n) is 10.3. The quantitative estimate of drug-likeness (QED) is 0.705. The molecule has 0 saturated carbocycles. The molecule has 1 aliphatic heterocycles. The van der Waals surface area contributed by atoms with Crippen LogP contribution in [-0.4, -0.2) is 40.1 Å². The van der Waals surface area contributed by atoms with Crippen LogP contribution in [0.1, 0.15) is 30.1 Å². The molecule has 1 unspecified atom stereocenters. The third kappa shape index (κ3) is 4.01. The Hall–Kier alpha value is -3.35. The largest absolute Gasteiger partial charge is 0.493 e. The van der Waals surface area contributed by atoms with Crippen molar-refractivity contribution in [2.45, 2.75) is 26.3 Å². The Labute approximate surface area is 173 Å². The Kier molecular flexibility index (Phi) is 5.70. The van der Waals surface area contributed by atoms with E-state index in [1.54, 1.807) is 25.1 Å². The van der Waals surface area contributed by atoms with Crippen LogP contribution >= 0.6 is 0 Å². The summed E-state index contributed by atoms with van der Waals surface area (Å²) in [7, 11) is 0. The Morgan fingerprint density at radius 1 is 1.17 bits per heavy atom. The van der Waals surface area contributed by atoms with E-state index in [0.29, 0.717) is 42.7 Å². The second-order valence-electron chi connectivity index (χ2n) is 7.62. The van der Waals surface area contributed by atoms with E-state index in [1.165, 1.54) is 0 Å². The molecule has 0 aliphatic carbocycles. The number of carbonyl (C=O) groups is 1. The average Bonchev–Trinajstić information content (AvgIpc) is 2.78. The van der Waals surface area contributed by atoms with Gasteiger partial charge in [-0.05, 0) is 50.1 Å². The smallest absolute Gasteiger partial charge is 0.328 e. The monoisotopic (exact) mass is 407 g/mol. The number of likely N-dealkylation sites (tertiary alicyclic amines) is 1. The SMILES string of the molecule is CCn1c(=O)[nH]c2cc(C(=O)N3CCCC(COc4ccccc4)C3)ccc2c1=O. The van der Waals surface area contributed by atoms with Gasteiger partial charge in [0, 0.05) is 31.1 Å². The highest BCUT2D eigenvalue weighted by Crippen LogP contribution is 2.21. The molecule has 1 amide bonds. The zero-order valence-electron chi connectivity index (χ0n) is 17.0. The maximum Gasteiger partial charge on any atom is 0.328 e. The summed E-state index contributed by atoms with van der Waals surface area (Å²) >= 11 is 0. The van der Waals surface area contributed by atoms with Crippen molar-refractivity contribution in [3.63, 3.8) is 0 Å². The minimum atomic E-state index is -0.462. The number of amides is 1. The van der Waals surface area contributed by atoms with Crippen molar-refractivity contribution in [2.75, 3.05) is 19.7 Å². The van der Waals surface area contributed by atoms with E-state index in [1.807, 2.05) is 35.2 Å². The van der Waals surface area contributed by atoms with Gasteiger partial charge in [0.2, 0.25) is 0 Å². The molecule has 1 saturated heterocycles. The minimum absolute atomic E-state index is 0.0955. The molecule has 1 atom stereocenters.